The zero-order chi connectivity index (χ0) is 18.4. The van der Waals surface area contributed by atoms with E-state index in [1.807, 2.05) is 6.92 Å². The lowest BCUT2D eigenvalue weighted by molar-refractivity contribution is -0.000272. The molecule has 2 bridgehead atoms. The summed E-state index contributed by atoms with van der Waals surface area (Å²) in [4.78, 5) is 0.0353. The maximum atomic E-state index is 10.3. The molecule has 2 aliphatic heterocycles. The number of ether oxygens (including phenoxy) is 1. The van der Waals surface area contributed by atoms with Crippen molar-refractivity contribution in [3.8, 4) is 0 Å². The molecule has 0 spiro atoms. The van der Waals surface area contributed by atoms with Gasteiger partial charge in [0.15, 0.2) is 0 Å². The number of hydrogen-bond donors (Lipinski definition) is 1. The van der Waals surface area contributed by atoms with Gasteiger partial charge in [-0.2, -0.15) is 0 Å². The molecule has 0 aromatic carbocycles. The summed E-state index contributed by atoms with van der Waals surface area (Å²) in [6.45, 7) is 14.4. The first kappa shape index (κ1) is 20.7. The van der Waals surface area contributed by atoms with Crippen molar-refractivity contribution in [3.63, 3.8) is 0 Å². The minimum absolute atomic E-state index is 0.0467. The lowest BCUT2D eigenvalue weighted by Crippen LogP contribution is -2.44. The zero-order valence-corrected chi connectivity index (χ0v) is 18.2. The van der Waals surface area contributed by atoms with E-state index >= 15 is 0 Å². The predicted octanol–water partition coefficient (Wildman–Crippen LogP) is 5.84. The summed E-state index contributed by atoms with van der Waals surface area (Å²) in [6, 6.07) is 0. The van der Waals surface area contributed by atoms with Crippen molar-refractivity contribution in [2.75, 3.05) is 0 Å². The Hall–Kier alpha value is 0.430. The number of aliphatic hydroxyl groups is 1. The van der Waals surface area contributed by atoms with E-state index in [0.717, 1.165) is 38.5 Å². The number of halogens is 2. The van der Waals surface area contributed by atoms with Crippen molar-refractivity contribution in [2.24, 2.45) is 11.3 Å². The van der Waals surface area contributed by atoms with E-state index in [-0.39, 0.29) is 20.7 Å². The highest BCUT2D eigenvalue weighted by Crippen LogP contribution is 2.61. The molecule has 24 heavy (non-hydrogen) atoms. The third-order valence-corrected chi connectivity index (χ3v) is 8.77. The fourth-order valence-electron chi connectivity index (χ4n) is 4.79. The number of rotatable bonds is 8. The van der Waals surface area contributed by atoms with Crippen molar-refractivity contribution in [3.05, 3.63) is 12.7 Å². The fraction of sp³-hybridized carbons (Fsp3) is 0.900. The first-order valence-electron chi connectivity index (χ1n) is 9.21. The smallest absolute Gasteiger partial charge is 0.0797 e. The molecular formula is C20H34BrClO2. The number of alkyl halides is 2. The SMILES string of the molecule is C=C[C@@](C)(O)CC[C@H]1[C@](C)(CCC(Br)C(C)(C)Cl)[C@H]2CC[C@]1(C)O2. The minimum Gasteiger partial charge on any atom is -0.386 e. The van der Waals surface area contributed by atoms with E-state index in [0.29, 0.717) is 12.0 Å². The third kappa shape index (κ3) is 4.05. The van der Waals surface area contributed by atoms with Crippen molar-refractivity contribution >= 4 is 27.5 Å². The molecule has 2 heterocycles. The number of hydrogen-bond acceptors (Lipinski definition) is 2. The van der Waals surface area contributed by atoms with Crippen LogP contribution in [0.15, 0.2) is 12.7 Å². The molecule has 0 aromatic heterocycles. The first-order valence-corrected chi connectivity index (χ1v) is 10.5. The summed E-state index contributed by atoms with van der Waals surface area (Å²) in [6.07, 6.45) is 8.12. The van der Waals surface area contributed by atoms with E-state index in [1.165, 1.54) is 0 Å². The molecule has 1 unspecified atom stereocenters. The van der Waals surface area contributed by atoms with E-state index in [1.54, 1.807) is 6.08 Å². The molecule has 1 N–H and O–H groups in total. The third-order valence-electron chi connectivity index (χ3n) is 6.64. The van der Waals surface area contributed by atoms with Gasteiger partial charge in [0.05, 0.1) is 22.2 Å². The van der Waals surface area contributed by atoms with Gasteiger partial charge < -0.3 is 9.84 Å². The predicted molar refractivity (Wildman–Crippen MR) is 106 cm³/mol. The van der Waals surface area contributed by atoms with Crippen LogP contribution < -0.4 is 0 Å². The van der Waals surface area contributed by atoms with Gasteiger partial charge >= 0.3 is 0 Å². The van der Waals surface area contributed by atoms with Crippen molar-refractivity contribution in [2.45, 2.75) is 100 Å². The monoisotopic (exact) mass is 420 g/mol. The molecule has 2 saturated heterocycles. The van der Waals surface area contributed by atoms with Gasteiger partial charge in [0.2, 0.25) is 0 Å². The second-order valence-corrected chi connectivity index (χ2v) is 11.3. The molecule has 0 amide bonds. The van der Waals surface area contributed by atoms with Crippen LogP contribution in [0.1, 0.15) is 73.1 Å². The summed E-state index contributed by atoms with van der Waals surface area (Å²) in [5.74, 6) is 0.466. The average Bonchev–Trinajstić information content (AvgIpc) is 2.95. The second kappa shape index (κ2) is 6.87. The van der Waals surface area contributed by atoms with Crippen molar-refractivity contribution in [1.29, 1.82) is 0 Å². The highest BCUT2D eigenvalue weighted by atomic mass is 79.9. The van der Waals surface area contributed by atoms with E-state index in [4.69, 9.17) is 16.3 Å². The Morgan fingerprint density at radius 1 is 1.42 bits per heavy atom. The number of fused-ring (bicyclic) bond motifs is 2. The van der Waals surface area contributed by atoms with Crippen LogP contribution in [0.2, 0.25) is 0 Å². The lowest BCUT2D eigenvalue weighted by Gasteiger charge is -2.43. The van der Waals surface area contributed by atoms with Crippen LogP contribution in [-0.2, 0) is 4.74 Å². The highest BCUT2D eigenvalue weighted by Gasteiger charge is 2.62. The molecule has 0 radical (unpaired) electrons. The maximum Gasteiger partial charge on any atom is 0.0797 e. The average molecular weight is 422 g/mol. The van der Waals surface area contributed by atoms with Crippen LogP contribution in [-0.4, -0.2) is 32.1 Å². The standard InChI is InChI=1S/C20H34BrClO2/c1-7-18(4,23)11-8-14-19(5,12-9-15(21)17(2,3)22)16-10-13-20(14,6)24-16/h7,14-16,23H,1,8-13H2,2-6H3/t14-,15?,16+,18+,19-,20-/m0/s1. The van der Waals surface area contributed by atoms with Gasteiger partial charge in [-0.15, -0.1) is 18.2 Å². The Kier molecular flexibility index (Phi) is 5.93. The molecule has 2 rings (SSSR count). The summed E-state index contributed by atoms with van der Waals surface area (Å²) in [7, 11) is 0. The van der Waals surface area contributed by atoms with E-state index in [2.05, 4.69) is 50.2 Å². The summed E-state index contributed by atoms with van der Waals surface area (Å²) in [5, 5.41) is 10.3. The Balaban J connectivity index is 2.11. The molecule has 2 fully saturated rings. The van der Waals surface area contributed by atoms with Crippen LogP contribution in [0.25, 0.3) is 0 Å². The van der Waals surface area contributed by atoms with Crippen molar-refractivity contribution in [1.82, 2.24) is 0 Å². The molecule has 6 atom stereocenters. The van der Waals surface area contributed by atoms with Gasteiger partial charge in [0, 0.05) is 4.83 Å². The molecule has 0 aromatic rings. The Morgan fingerprint density at radius 3 is 2.58 bits per heavy atom. The molecule has 0 saturated carbocycles. The normalized spacial score (nSPS) is 39.7. The highest BCUT2D eigenvalue weighted by molar-refractivity contribution is 9.09. The lowest BCUT2D eigenvalue weighted by atomic mass is 9.59. The van der Waals surface area contributed by atoms with Crippen LogP contribution in [0.4, 0.5) is 0 Å². The van der Waals surface area contributed by atoms with Crippen LogP contribution in [0, 0.1) is 11.3 Å². The van der Waals surface area contributed by atoms with Crippen molar-refractivity contribution < 1.29 is 9.84 Å². The summed E-state index contributed by atoms with van der Waals surface area (Å²) in [5.41, 5.74) is -0.692. The zero-order valence-electron chi connectivity index (χ0n) is 15.9. The van der Waals surface area contributed by atoms with Gasteiger partial charge in [0.1, 0.15) is 0 Å². The van der Waals surface area contributed by atoms with E-state index in [9.17, 15) is 5.11 Å². The fourth-order valence-corrected chi connectivity index (χ4v) is 5.13. The van der Waals surface area contributed by atoms with Crippen LogP contribution in [0.5, 0.6) is 0 Å². The van der Waals surface area contributed by atoms with Crippen LogP contribution >= 0.6 is 27.5 Å². The second-order valence-electron chi connectivity index (χ2n) is 9.19. The van der Waals surface area contributed by atoms with Crippen LogP contribution in [0.3, 0.4) is 0 Å². The summed E-state index contributed by atoms with van der Waals surface area (Å²) >= 11 is 10.2. The molecule has 2 nitrogen and oxygen atoms in total. The van der Waals surface area contributed by atoms with E-state index < -0.39 is 5.60 Å². The maximum absolute atomic E-state index is 10.3. The molecule has 0 aliphatic carbocycles. The van der Waals surface area contributed by atoms with Gasteiger partial charge in [-0.25, -0.2) is 0 Å². The Morgan fingerprint density at radius 2 is 2.04 bits per heavy atom. The molecule has 4 heteroatoms. The Labute approximate surface area is 161 Å². The topological polar surface area (TPSA) is 29.5 Å². The largest absolute Gasteiger partial charge is 0.386 e. The Bertz CT molecular complexity index is 473. The quantitative estimate of drug-likeness (QED) is 0.394. The molecule has 2 aliphatic rings. The van der Waals surface area contributed by atoms with Gasteiger partial charge in [-0.1, -0.05) is 28.9 Å². The summed E-state index contributed by atoms with van der Waals surface area (Å²) < 4.78 is 6.45. The molecular weight excluding hydrogens is 388 g/mol. The minimum atomic E-state index is -0.796. The van der Waals surface area contributed by atoms with Gasteiger partial charge in [0.25, 0.3) is 0 Å². The van der Waals surface area contributed by atoms with Gasteiger partial charge in [-0.05, 0) is 77.6 Å². The molecule has 140 valence electrons. The first-order chi connectivity index (χ1) is 10.8. The van der Waals surface area contributed by atoms with Gasteiger partial charge in [-0.3, -0.25) is 0 Å².